The first-order valence-corrected chi connectivity index (χ1v) is 8.81. The first-order valence-electron chi connectivity index (χ1n) is 8.81. The number of rotatable bonds is 11. The van der Waals surface area contributed by atoms with E-state index in [1.54, 1.807) is 0 Å². The van der Waals surface area contributed by atoms with Crippen LogP contribution in [0.1, 0.15) is 84.0 Å². The Morgan fingerprint density at radius 2 is 1.71 bits per heavy atom. The summed E-state index contributed by atoms with van der Waals surface area (Å²) in [6.45, 7) is 2.98. The summed E-state index contributed by atoms with van der Waals surface area (Å²) in [5.41, 5.74) is 0. The summed E-state index contributed by atoms with van der Waals surface area (Å²) in [6, 6.07) is -0.301. The van der Waals surface area contributed by atoms with Crippen LogP contribution in [0.15, 0.2) is 0 Å². The fourth-order valence-corrected chi connectivity index (χ4v) is 2.77. The van der Waals surface area contributed by atoms with Crippen LogP contribution in [-0.2, 0) is 9.59 Å². The molecular weight excluding hydrogens is 264 g/mol. The van der Waals surface area contributed by atoms with E-state index in [0.717, 1.165) is 32.2 Å². The largest absolute Gasteiger partial charge is 0.354 e. The fraction of sp³-hybridized carbons (Fsp3) is 0.882. The van der Waals surface area contributed by atoms with Gasteiger partial charge >= 0.3 is 0 Å². The number of amides is 2. The molecule has 4 nitrogen and oxygen atoms in total. The van der Waals surface area contributed by atoms with Crippen molar-refractivity contribution in [1.29, 1.82) is 0 Å². The molecular formula is C17H32N2O2. The highest BCUT2D eigenvalue weighted by molar-refractivity contribution is 5.87. The molecule has 1 atom stereocenters. The van der Waals surface area contributed by atoms with Crippen LogP contribution in [0.5, 0.6) is 0 Å². The third-order valence-corrected chi connectivity index (χ3v) is 4.13. The molecule has 1 saturated heterocycles. The summed E-state index contributed by atoms with van der Waals surface area (Å²) >= 11 is 0. The Morgan fingerprint density at radius 3 is 2.33 bits per heavy atom. The van der Waals surface area contributed by atoms with Crippen LogP contribution in [0.25, 0.3) is 0 Å². The quantitative estimate of drug-likeness (QED) is 0.575. The van der Waals surface area contributed by atoms with Gasteiger partial charge in [-0.1, -0.05) is 58.3 Å². The molecule has 1 rings (SSSR count). The van der Waals surface area contributed by atoms with Crippen molar-refractivity contribution in [2.45, 2.75) is 90.0 Å². The molecule has 1 unspecified atom stereocenters. The van der Waals surface area contributed by atoms with E-state index >= 15 is 0 Å². The lowest BCUT2D eigenvalue weighted by molar-refractivity contribution is -0.130. The van der Waals surface area contributed by atoms with E-state index < -0.39 is 0 Å². The average Bonchev–Trinajstić information content (AvgIpc) is 2.48. The zero-order valence-corrected chi connectivity index (χ0v) is 13.6. The van der Waals surface area contributed by atoms with Gasteiger partial charge in [-0.25, -0.2) is 0 Å². The van der Waals surface area contributed by atoms with Crippen molar-refractivity contribution in [2.24, 2.45) is 0 Å². The van der Waals surface area contributed by atoms with E-state index in [0.29, 0.717) is 6.42 Å². The maximum Gasteiger partial charge on any atom is 0.242 e. The monoisotopic (exact) mass is 296 g/mol. The van der Waals surface area contributed by atoms with Gasteiger partial charge in [-0.05, 0) is 19.3 Å². The first-order chi connectivity index (χ1) is 10.2. The molecule has 21 heavy (non-hydrogen) atoms. The third kappa shape index (κ3) is 8.74. The maximum absolute atomic E-state index is 11.8. The van der Waals surface area contributed by atoms with Crippen molar-refractivity contribution in [3.63, 3.8) is 0 Å². The van der Waals surface area contributed by atoms with Gasteiger partial charge in [0.2, 0.25) is 11.8 Å². The van der Waals surface area contributed by atoms with Crippen molar-refractivity contribution >= 4 is 11.8 Å². The summed E-state index contributed by atoms with van der Waals surface area (Å²) < 4.78 is 0. The Kier molecular flexibility index (Phi) is 9.92. The SMILES string of the molecule is CCCCCCCCCCCC(=O)NC1CCCNC1=O. The molecule has 0 radical (unpaired) electrons. The minimum absolute atomic E-state index is 0.0262. The summed E-state index contributed by atoms with van der Waals surface area (Å²) in [4.78, 5) is 23.3. The van der Waals surface area contributed by atoms with Gasteiger partial charge < -0.3 is 10.6 Å². The normalized spacial score (nSPS) is 18.3. The lowest BCUT2D eigenvalue weighted by atomic mass is 10.1. The highest BCUT2D eigenvalue weighted by atomic mass is 16.2. The zero-order chi connectivity index (χ0) is 15.3. The second-order valence-electron chi connectivity index (χ2n) is 6.13. The standard InChI is InChI=1S/C17H32N2O2/c1-2-3-4-5-6-7-8-9-10-13-16(20)19-15-12-11-14-18-17(15)21/h15H,2-14H2,1H3,(H,18,21)(H,19,20). The average molecular weight is 296 g/mol. The Morgan fingerprint density at radius 1 is 1.10 bits per heavy atom. The highest BCUT2D eigenvalue weighted by Gasteiger charge is 2.22. The molecule has 122 valence electrons. The lowest BCUT2D eigenvalue weighted by Gasteiger charge is -2.22. The van der Waals surface area contributed by atoms with E-state index in [4.69, 9.17) is 0 Å². The van der Waals surface area contributed by atoms with Crippen molar-refractivity contribution in [1.82, 2.24) is 10.6 Å². The Hall–Kier alpha value is -1.06. The summed E-state index contributed by atoms with van der Waals surface area (Å²) in [5.74, 6) is 0.00155. The Balaban J connectivity index is 1.92. The van der Waals surface area contributed by atoms with E-state index in [2.05, 4.69) is 17.6 Å². The second kappa shape index (κ2) is 11.6. The van der Waals surface area contributed by atoms with Crippen LogP contribution in [0.4, 0.5) is 0 Å². The van der Waals surface area contributed by atoms with Crippen LogP contribution >= 0.6 is 0 Å². The molecule has 0 aromatic carbocycles. The predicted molar refractivity (Wildman–Crippen MR) is 86.0 cm³/mol. The first kappa shape index (κ1) is 18.0. The predicted octanol–water partition coefficient (Wildman–Crippen LogP) is 3.30. The molecule has 1 aliphatic rings. The smallest absolute Gasteiger partial charge is 0.242 e. The Labute approximate surface area is 129 Å². The number of carbonyl (C=O) groups excluding carboxylic acids is 2. The van der Waals surface area contributed by atoms with Gasteiger partial charge in [-0.15, -0.1) is 0 Å². The number of carbonyl (C=O) groups is 2. The number of hydrogen-bond acceptors (Lipinski definition) is 2. The molecule has 0 saturated carbocycles. The number of hydrogen-bond donors (Lipinski definition) is 2. The van der Waals surface area contributed by atoms with E-state index in [-0.39, 0.29) is 17.9 Å². The Bertz CT molecular complexity index is 305. The van der Waals surface area contributed by atoms with Gasteiger partial charge in [-0.3, -0.25) is 9.59 Å². The lowest BCUT2D eigenvalue weighted by Crippen LogP contribution is -2.50. The fourth-order valence-electron chi connectivity index (χ4n) is 2.77. The molecule has 1 fully saturated rings. The van der Waals surface area contributed by atoms with E-state index in [9.17, 15) is 9.59 Å². The second-order valence-corrected chi connectivity index (χ2v) is 6.13. The van der Waals surface area contributed by atoms with Crippen LogP contribution in [0, 0.1) is 0 Å². The van der Waals surface area contributed by atoms with Gasteiger partial charge in [0.1, 0.15) is 6.04 Å². The molecule has 1 heterocycles. The number of nitrogens with one attached hydrogen (secondary N) is 2. The minimum Gasteiger partial charge on any atom is -0.354 e. The van der Waals surface area contributed by atoms with Gasteiger partial charge in [0.05, 0.1) is 0 Å². The van der Waals surface area contributed by atoms with Crippen LogP contribution in [0.3, 0.4) is 0 Å². The van der Waals surface area contributed by atoms with Crippen molar-refractivity contribution in [3.8, 4) is 0 Å². The zero-order valence-electron chi connectivity index (χ0n) is 13.6. The van der Waals surface area contributed by atoms with Gasteiger partial charge in [0.25, 0.3) is 0 Å². The number of piperidine rings is 1. The van der Waals surface area contributed by atoms with E-state index in [1.807, 2.05) is 0 Å². The molecule has 0 spiro atoms. The van der Waals surface area contributed by atoms with Crippen LogP contribution in [-0.4, -0.2) is 24.4 Å². The molecule has 1 aliphatic heterocycles. The topological polar surface area (TPSA) is 58.2 Å². The van der Waals surface area contributed by atoms with Crippen LogP contribution in [0.2, 0.25) is 0 Å². The third-order valence-electron chi connectivity index (χ3n) is 4.13. The number of unbranched alkanes of at least 4 members (excludes halogenated alkanes) is 8. The molecule has 0 aromatic rings. The van der Waals surface area contributed by atoms with E-state index in [1.165, 1.54) is 44.9 Å². The molecule has 0 bridgehead atoms. The maximum atomic E-state index is 11.8. The molecule has 0 aromatic heterocycles. The molecule has 0 aliphatic carbocycles. The summed E-state index contributed by atoms with van der Waals surface area (Å²) in [6.07, 6.45) is 13.6. The van der Waals surface area contributed by atoms with Gasteiger partial charge in [-0.2, -0.15) is 0 Å². The summed E-state index contributed by atoms with van der Waals surface area (Å²) in [5, 5.41) is 5.63. The van der Waals surface area contributed by atoms with Gasteiger partial charge in [0, 0.05) is 13.0 Å². The van der Waals surface area contributed by atoms with Gasteiger partial charge in [0.15, 0.2) is 0 Å². The van der Waals surface area contributed by atoms with Crippen LogP contribution < -0.4 is 10.6 Å². The van der Waals surface area contributed by atoms with Crippen molar-refractivity contribution < 1.29 is 9.59 Å². The van der Waals surface area contributed by atoms with Crippen molar-refractivity contribution in [3.05, 3.63) is 0 Å². The summed E-state index contributed by atoms with van der Waals surface area (Å²) in [7, 11) is 0. The highest BCUT2D eigenvalue weighted by Crippen LogP contribution is 2.11. The molecule has 2 amide bonds. The van der Waals surface area contributed by atoms with Crippen molar-refractivity contribution in [2.75, 3.05) is 6.54 Å². The molecule has 4 heteroatoms. The molecule has 2 N–H and O–H groups in total. The minimum atomic E-state index is -0.301.